The van der Waals surface area contributed by atoms with Crippen LogP contribution in [0, 0.1) is 5.92 Å². The van der Waals surface area contributed by atoms with Gasteiger partial charge in [0.05, 0.1) is 6.42 Å². The Morgan fingerprint density at radius 2 is 2.19 bits per heavy atom. The van der Waals surface area contributed by atoms with Gasteiger partial charge in [-0.15, -0.1) is 0 Å². The first-order valence-electron chi connectivity index (χ1n) is 5.64. The van der Waals surface area contributed by atoms with Gasteiger partial charge in [-0.2, -0.15) is 0 Å². The van der Waals surface area contributed by atoms with E-state index in [0.717, 1.165) is 12.8 Å². The zero-order valence-corrected chi connectivity index (χ0v) is 9.73. The second-order valence-electron chi connectivity index (χ2n) is 4.46. The number of nitrogens with one attached hydrogen (secondary N) is 1. The smallest absolute Gasteiger partial charge is 0.305 e. The molecule has 1 saturated heterocycles. The molecule has 0 saturated carbocycles. The highest BCUT2D eigenvalue weighted by Gasteiger charge is 2.27. The fourth-order valence-corrected chi connectivity index (χ4v) is 1.70. The van der Waals surface area contributed by atoms with Crippen LogP contribution in [0.4, 0.5) is 0 Å². The summed E-state index contributed by atoms with van der Waals surface area (Å²) in [7, 11) is 0. The summed E-state index contributed by atoms with van der Waals surface area (Å²) in [5, 5.41) is 11.5. The highest BCUT2D eigenvalue weighted by molar-refractivity contribution is 5.82. The number of aliphatic carboxylic acids is 1. The van der Waals surface area contributed by atoms with Crippen LogP contribution in [0.3, 0.4) is 0 Å². The summed E-state index contributed by atoms with van der Waals surface area (Å²) in [4.78, 5) is 22.3. The number of carboxylic acids is 1. The van der Waals surface area contributed by atoms with Gasteiger partial charge in [-0.25, -0.2) is 0 Å². The molecule has 1 unspecified atom stereocenters. The first-order valence-corrected chi connectivity index (χ1v) is 5.64. The summed E-state index contributed by atoms with van der Waals surface area (Å²) in [5.41, 5.74) is 0. The largest absolute Gasteiger partial charge is 0.481 e. The zero-order valence-electron chi connectivity index (χ0n) is 9.73. The number of ether oxygens (including phenoxy) is 1. The number of carboxylic acid groups (broad SMARTS) is 1. The van der Waals surface area contributed by atoms with E-state index >= 15 is 0 Å². The van der Waals surface area contributed by atoms with Crippen molar-refractivity contribution in [3.63, 3.8) is 0 Å². The molecule has 0 spiro atoms. The maximum atomic E-state index is 11.7. The van der Waals surface area contributed by atoms with Gasteiger partial charge >= 0.3 is 5.97 Å². The van der Waals surface area contributed by atoms with Gasteiger partial charge < -0.3 is 15.2 Å². The Balaban J connectivity index is 2.46. The van der Waals surface area contributed by atoms with Crippen molar-refractivity contribution in [3.05, 3.63) is 0 Å². The summed E-state index contributed by atoms with van der Waals surface area (Å²) in [6.45, 7) is 4.40. The fraction of sp³-hybridized carbons (Fsp3) is 0.818. The van der Waals surface area contributed by atoms with Crippen LogP contribution < -0.4 is 5.32 Å². The molecule has 0 aromatic heterocycles. The first-order chi connectivity index (χ1) is 7.50. The Kier molecular flexibility index (Phi) is 4.73. The molecule has 1 rings (SSSR count). The van der Waals surface area contributed by atoms with Crippen LogP contribution in [-0.2, 0) is 14.3 Å². The van der Waals surface area contributed by atoms with Crippen molar-refractivity contribution < 1.29 is 19.4 Å². The van der Waals surface area contributed by atoms with Crippen LogP contribution in [0.25, 0.3) is 0 Å². The van der Waals surface area contributed by atoms with Gasteiger partial charge in [0.2, 0.25) is 5.91 Å². The molecule has 92 valence electrons. The minimum atomic E-state index is -0.897. The molecule has 5 heteroatoms. The third-order valence-electron chi connectivity index (χ3n) is 2.75. The predicted octanol–water partition coefficient (Wildman–Crippen LogP) is 0.781. The maximum absolute atomic E-state index is 11.7. The van der Waals surface area contributed by atoms with E-state index in [1.54, 1.807) is 0 Å². The average molecular weight is 229 g/mol. The quantitative estimate of drug-likeness (QED) is 0.730. The van der Waals surface area contributed by atoms with Gasteiger partial charge in [0.25, 0.3) is 0 Å². The summed E-state index contributed by atoms with van der Waals surface area (Å²) in [6.07, 6.45) is 1.18. The minimum absolute atomic E-state index is 0.0455. The third kappa shape index (κ3) is 3.81. The van der Waals surface area contributed by atoms with Crippen LogP contribution in [0.15, 0.2) is 0 Å². The molecular formula is C11H19NO4. The number of carbonyl (C=O) groups is 2. The van der Waals surface area contributed by atoms with Crippen molar-refractivity contribution in [1.82, 2.24) is 5.32 Å². The highest BCUT2D eigenvalue weighted by atomic mass is 16.5. The molecular weight excluding hydrogens is 210 g/mol. The zero-order chi connectivity index (χ0) is 12.1. The summed E-state index contributed by atoms with van der Waals surface area (Å²) in [6, 6.07) is -0.325. The Morgan fingerprint density at radius 1 is 1.50 bits per heavy atom. The standard InChI is InChI=1S/C11H19NO4/c1-7(2)8(6-10(13)14)12-11(15)9-4-3-5-16-9/h7-9H,3-6H2,1-2H3,(H,12,15)(H,13,14)/t8?,9-/m0/s1. The van der Waals surface area contributed by atoms with E-state index in [0.29, 0.717) is 6.61 Å². The van der Waals surface area contributed by atoms with Crippen molar-refractivity contribution in [2.24, 2.45) is 5.92 Å². The molecule has 1 aliphatic rings. The minimum Gasteiger partial charge on any atom is -0.481 e. The van der Waals surface area contributed by atoms with E-state index in [-0.39, 0.29) is 24.3 Å². The third-order valence-corrected chi connectivity index (χ3v) is 2.75. The van der Waals surface area contributed by atoms with E-state index < -0.39 is 12.1 Å². The van der Waals surface area contributed by atoms with Crippen LogP contribution in [0.2, 0.25) is 0 Å². The van der Waals surface area contributed by atoms with Crippen molar-refractivity contribution >= 4 is 11.9 Å². The molecule has 5 nitrogen and oxygen atoms in total. The summed E-state index contributed by atoms with van der Waals surface area (Å²) >= 11 is 0. The molecule has 0 bridgehead atoms. The van der Waals surface area contributed by atoms with Crippen molar-refractivity contribution in [2.75, 3.05) is 6.61 Å². The topological polar surface area (TPSA) is 75.6 Å². The number of carbonyl (C=O) groups excluding carboxylic acids is 1. The Labute approximate surface area is 95.2 Å². The predicted molar refractivity (Wildman–Crippen MR) is 58.0 cm³/mol. The molecule has 16 heavy (non-hydrogen) atoms. The van der Waals surface area contributed by atoms with Crippen LogP contribution in [0.5, 0.6) is 0 Å². The van der Waals surface area contributed by atoms with E-state index in [1.807, 2.05) is 13.8 Å². The Bertz CT molecular complexity index is 259. The van der Waals surface area contributed by atoms with Crippen LogP contribution >= 0.6 is 0 Å². The van der Waals surface area contributed by atoms with Gasteiger partial charge in [0, 0.05) is 12.6 Å². The Hall–Kier alpha value is -1.10. The molecule has 2 N–H and O–H groups in total. The molecule has 1 heterocycles. The lowest BCUT2D eigenvalue weighted by Gasteiger charge is -2.22. The SMILES string of the molecule is CC(C)C(CC(=O)O)NC(=O)[C@@H]1CCCO1. The molecule has 1 fully saturated rings. The monoisotopic (exact) mass is 229 g/mol. The van der Waals surface area contributed by atoms with E-state index in [2.05, 4.69) is 5.32 Å². The lowest BCUT2D eigenvalue weighted by molar-refractivity contribution is -0.138. The first kappa shape index (κ1) is 13.0. The second kappa shape index (κ2) is 5.84. The Morgan fingerprint density at radius 3 is 2.62 bits per heavy atom. The number of amides is 1. The van der Waals surface area contributed by atoms with Gasteiger partial charge in [0.1, 0.15) is 6.10 Å². The number of rotatable bonds is 5. The maximum Gasteiger partial charge on any atom is 0.305 e. The van der Waals surface area contributed by atoms with Gasteiger partial charge in [0.15, 0.2) is 0 Å². The molecule has 1 aliphatic heterocycles. The van der Waals surface area contributed by atoms with E-state index in [4.69, 9.17) is 9.84 Å². The molecule has 0 aromatic rings. The van der Waals surface area contributed by atoms with Crippen LogP contribution in [-0.4, -0.2) is 35.7 Å². The summed E-state index contributed by atoms with van der Waals surface area (Å²) < 4.78 is 5.24. The highest BCUT2D eigenvalue weighted by Crippen LogP contribution is 2.13. The molecule has 2 atom stereocenters. The number of hydrogen-bond donors (Lipinski definition) is 2. The average Bonchev–Trinajstić information content (AvgIpc) is 2.68. The molecule has 0 aliphatic carbocycles. The summed E-state index contributed by atoms with van der Waals surface area (Å²) in [5.74, 6) is -0.981. The lowest BCUT2D eigenvalue weighted by Crippen LogP contribution is -2.44. The van der Waals surface area contributed by atoms with Crippen molar-refractivity contribution in [2.45, 2.75) is 45.3 Å². The van der Waals surface area contributed by atoms with Crippen LogP contribution in [0.1, 0.15) is 33.1 Å². The van der Waals surface area contributed by atoms with Gasteiger partial charge in [-0.3, -0.25) is 9.59 Å². The van der Waals surface area contributed by atoms with Gasteiger partial charge in [-0.1, -0.05) is 13.8 Å². The van der Waals surface area contributed by atoms with Crippen molar-refractivity contribution in [1.29, 1.82) is 0 Å². The molecule has 0 radical (unpaired) electrons. The lowest BCUT2D eigenvalue weighted by atomic mass is 10.0. The van der Waals surface area contributed by atoms with Crippen molar-refractivity contribution in [3.8, 4) is 0 Å². The normalized spacial score (nSPS) is 22.1. The second-order valence-corrected chi connectivity index (χ2v) is 4.46. The number of hydrogen-bond acceptors (Lipinski definition) is 3. The van der Waals surface area contributed by atoms with E-state index in [9.17, 15) is 9.59 Å². The molecule has 1 amide bonds. The van der Waals surface area contributed by atoms with E-state index in [1.165, 1.54) is 0 Å². The van der Waals surface area contributed by atoms with Gasteiger partial charge in [-0.05, 0) is 18.8 Å². The fourth-order valence-electron chi connectivity index (χ4n) is 1.70. The molecule has 0 aromatic carbocycles.